The van der Waals surface area contributed by atoms with Gasteiger partial charge in [0.15, 0.2) is 0 Å². The van der Waals surface area contributed by atoms with Gasteiger partial charge < -0.3 is 9.80 Å². The molecule has 0 radical (unpaired) electrons. The van der Waals surface area contributed by atoms with E-state index in [0.717, 1.165) is 46.0 Å². The first-order valence-electron chi connectivity index (χ1n) is 28.7. The summed E-state index contributed by atoms with van der Waals surface area (Å²) in [6.07, 6.45) is 5.51. The van der Waals surface area contributed by atoms with Crippen LogP contribution in [-0.4, -0.2) is 0 Å². The van der Waals surface area contributed by atoms with E-state index in [-0.39, 0.29) is 5.41 Å². The molecule has 2 fully saturated rings. The van der Waals surface area contributed by atoms with Crippen LogP contribution >= 0.6 is 0 Å². The third kappa shape index (κ3) is 6.90. The number of fused-ring (bicyclic) bond motifs is 15. The van der Waals surface area contributed by atoms with Gasteiger partial charge in [-0.1, -0.05) is 208 Å². The first kappa shape index (κ1) is 46.1. The summed E-state index contributed by atoms with van der Waals surface area (Å²) in [6, 6.07) is 99.1. The van der Waals surface area contributed by atoms with E-state index >= 15 is 0 Å². The summed E-state index contributed by atoms with van der Waals surface area (Å²) in [4.78, 5) is 5.02. The van der Waals surface area contributed by atoms with Crippen LogP contribution in [0.1, 0.15) is 84.4 Å². The van der Waals surface area contributed by atoms with Crippen LogP contribution in [-0.2, 0) is 10.8 Å². The van der Waals surface area contributed by atoms with Gasteiger partial charge in [0.25, 0.3) is 0 Å². The summed E-state index contributed by atoms with van der Waals surface area (Å²) < 4.78 is 0. The van der Waals surface area contributed by atoms with Crippen LogP contribution in [0.3, 0.4) is 0 Å². The minimum absolute atomic E-state index is 0.107. The molecule has 1 spiro atoms. The second kappa shape index (κ2) is 17.8. The fourth-order valence-electron chi connectivity index (χ4n) is 15.7. The SMILES string of the molecule is CC1(C)c2ccccc2-c2cc(N(c3ccccc3)c3cc(-c4ccc(C5CC6CCC5C6)cc4)c4c(c3)C3(c5ccccc5-c5cc(-c6ccccc6)c(N(c6ccccc6)c6ccccc6)cc53)c3ccccc3-4)ccc21. The van der Waals surface area contributed by atoms with Gasteiger partial charge in [0, 0.05) is 39.4 Å². The third-order valence-electron chi connectivity index (χ3n) is 19.1. The second-order valence-corrected chi connectivity index (χ2v) is 23.5. The molecule has 2 bridgehead atoms. The van der Waals surface area contributed by atoms with E-state index < -0.39 is 5.41 Å². The van der Waals surface area contributed by atoms with E-state index in [1.165, 1.54) is 120 Å². The van der Waals surface area contributed by atoms with E-state index in [1.54, 1.807) is 0 Å². The van der Waals surface area contributed by atoms with E-state index in [1.807, 2.05) is 0 Å². The van der Waals surface area contributed by atoms with Gasteiger partial charge in [0.05, 0.1) is 11.1 Å². The molecule has 0 aliphatic heterocycles. The standard InChI is InChI=1S/C77H60N2/c1-76(2)68-32-18-15-29-60(68)66-45-58(41-42-69(66)76)78(55-23-9-4-10-24-55)59-46-65(53-39-37-52(38-40-53)63-44-50-35-36-54(63)43-50)75-62-31-17-20-34-71(62)77(73(75)47-59)70-33-19-16-30-61(70)67-48-64(51-21-7-3-8-22-51)74(49-72(67)77)79(56-25-11-5-12-26-56)57-27-13-6-14-28-57/h3-34,37-42,45-50,54,63H,35-36,43-44H2,1-2H3. The fourth-order valence-corrected chi connectivity index (χ4v) is 15.7. The van der Waals surface area contributed by atoms with Crippen molar-refractivity contribution >= 4 is 34.1 Å². The molecule has 5 aliphatic carbocycles. The molecule has 4 atom stereocenters. The molecule has 0 aromatic heterocycles. The van der Waals surface area contributed by atoms with Crippen molar-refractivity contribution in [2.24, 2.45) is 11.8 Å². The molecule has 16 rings (SSSR count). The quantitative estimate of drug-likeness (QED) is 0.142. The Hall–Kier alpha value is -8.98. The predicted molar refractivity (Wildman–Crippen MR) is 329 cm³/mol. The first-order valence-corrected chi connectivity index (χ1v) is 28.7. The van der Waals surface area contributed by atoms with Gasteiger partial charge in [-0.2, -0.15) is 0 Å². The molecule has 4 unspecified atom stereocenters. The van der Waals surface area contributed by atoms with Crippen molar-refractivity contribution in [1.82, 2.24) is 0 Å². The van der Waals surface area contributed by atoms with Gasteiger partial charge in [-0.15, -0.1) is 0 Å². The van der Waals surface area contributed by atoms with Crippen LogP contribution in [0.4, 0.5) is 34.1 Å². The Labute approximate surface area is 465 Å². The number of hydrogen-bond donors (Lipinski definition) is 0. The van der Waals surface area contributed by atoms with Crippen molar-refractivity contribution in [3.05, 3.63) is 300 Å². The van der Waals surface area contributed by atoms with Gasteiger partial charge in [-0.05, 0) is 199 Å². The lowest BCUT2D eigenvalue weighted by atomic mass is 9.70. The average Bonchev–Trinajstić information content (AvgIpc) is 3.66. The van der Waals surface area contributed by atoms with Crippen LogP contribution in [0.5, 0.6) is 0 Å². The van der Waals surface area contributed by atoms with Crippen LogP contribution in [0.25, 0.3) is 55.6 Å². The highest BCUT2D eigenvalue weighted by Gasteiger charge is 2.53. The number of anilines is 6. The minimum atomic E-state index is -0.683. The molecule has 2 saturated carbocycles. The van der Waals surface area contributed by atoms with E-state index in [2.05, 4.69) is 285 Å². The zero-order valence-electron chi connectivity index (χ0n) is 44.8. The maximum atomic E-state index is 2.59. The lowest BCUT2D eigenvalue weighted by Crippen LogP contribution is -2.27. The summed E-state index contributed by atoms with van der Waals surface area (Å²) in [5, 5.41) is 0. The summed E-state index contributed by atoms with van der Waals surface area (Å²) in [5.41, 5.74) is 28.1. The molecule has 0 N–H and O–H groups in total. The fraction of sp³-hybridized carbons (Fsp3) is 0.143. The highest BCUT2D eigenvalue weighted by Crippen LogP contribution is 2.66. The molecule has 5 aliphatic rings. The Balaban J connectivity index is 1.00. The Bertz CT molecular complexity index is 4140. The average molecular weight is 1010 g/mol. The number of rotatable bonds is 9. The molecule has 378 valence electrons. The predicted octanol–water partition coefficient (Wildman–Crippen LogP) is 20.5. The molecule has 11 aromatic rings. The maximum Gasteiger partial charge on any atom is 0.0727 e. The van der Waals surface area contributed by atoms with E-state index in [9.17, 15) is 0 Å². The summed E-state index contributed by atoms with van der Waals surface area (Å²) >= 11 is 0. The van der Waals surface area contributed by atoms with Gasteiger partial charge in [-0.3, -0.25) is 0 Å². The Morgan fingerprint density at radius 1 is 0.329 bits per heavy atom. The molecule has 0 amide bonds. The third-order valence-corrected chi connectivity index (χ3v) is 19.1. The largest absolute Gasteiger partial charge is 0.310 e. The highest BCUT2D eigenvalue weighted by molar-refractivity contribution is 6.04. The second-order valence-electron chi connectivity index (χ2n) is 23.5. The van der Waals surface area contributed by atoms with Gasteiger partial charge in [0.2, 0.25) is 0 Å². The maximum absolute atomic E-state index is 2.59. The molecule has 0 heterocycles. The number of para-hydroxylation sites is 3. The Kier molecular flexibility index (Phi) is 10.4. The number of hydrogen-bond acceptors (Lipinski definition) is 2. The Morgan fingerprint density at radius 3 is 1.48 bits per heavy atom. The molecule has 11 aromatic carbocycles. The van der Waals surface area contributed by atoms with Crippen LogP contribution in [0.15, 0.2) is 261 Å². The van der Waals surface area contributed by atoms with Crippen LogP contribution in [0, 0.1) is 11.8 Å². The number of nitrogens with zero attached hydrogens (tertiary/aromatic N) is 2. The smallest absolute Gasteiger partial charge is 0.0727 e. The molecule has 0 saturated heterocycles. The van der Waals surface area contributed by atoms with Crippen molar-refractivity contribution in [3.8, 4) is 55.6 Å². The topological polar surface area (TPSA) is 6.48 Å². The molecule has 2 nitrogen and oxygen atoms in total. The molecule has 2 heteroatoms. The Morgan fingerprint density at radius 2 is 0.848 bits per heavy atom. The minimum Gasteiger partial charge on any atom is -0.310 e. The van der Waals surface area contributed by atoms with E-state index in [0.29, 0.717) is 5.92 Å². The lowest BCUT2D eigenvalue weighted by Gasteiger charge is -2.34. The van der Waals surface area contributed by atoms with Crippen molar-refractivity contribution in [2.45, 2.75) is 56.3 Å². The summed E-state index contributed by atoms with van der Waals surface area (Å²) in [5.74, 6) is 2.36. The first-order chi connectivity index (χ1) is 38.9. The van der Waals surface area contributed by atoms with Gasteiger partial charge >= 0.3 is 0 Å². The monoisotopic (exact) mass is 1010 g/mol. The van der Waals surface area contributed by atoms with E-state index in [4.69, 9.17) is 0 Å². The zero-order valence-corrected chi connectivity index (χ0v) is 44.8. The number of benzene rings is 11. The van der Waals surface area contributed by atoms with Gasteiger partial charge in [0.1, 0.15) is 0 Å². The van der Waals surface area contributed by atoms with Gasteiger partial charge in [-0.25, -0.2) is 0 Å². The lowest BCUT2D eigenvalue weighted by molar-refractivity contribution is 0.420. The molecular formula is C77H60N2. The normalized spacial score (nSPS) is 19.1. The van der Waals surface area contributed by atoms with Crippen molar-refractivity contribution in [3.63, 3.8) is 0 Å². The highest BCUT2D eigenvalue weighted by atomic mass is 15.2. The zero-order chi connectivity index (χ0) is 52.4. The molecule has 79 heavy (non-hydrogen) atoms. The van der Waals surface area contributed by atoms with Crippen molar-refractivity contribution < 1.29 is 0 Å². The van der Waals surface area contributed by atoms with Crippen LogP contribution < -0.4 is 9.80 Å². The molecular weight excluding hydrogens is 953 g/mol. The van der Waals surface area contributed by atoms with Crippen molar-refractivity contribution in [2.75, 3.05) is 9.80 Å². The van der Waals surface area contributed by atoms with Crippen LogP contribution in [0.2, 0.25) is 0 Å². The van der Waals surface area contributed by atoms with Crippen molar-refractivity contribution in [1.29, 1.82) is 0 Å². The summed E-state index contributed by atoms with van der Waals surface area (Å²) in [7, 11) is 0. The summed E-state index contributed by atoms with van der Waals surface area (Å²) in [6.45, 7) is 4.76.